The molecule has 0 amide bonds. The summed E-state index contributed by atoms with van der Waals surface area (Å²) in [7, 11) is 0. The molecular formula is C29H32O10. The van der Waals surface area contributed by atoms with Crippen LogP contribution in [0, 0.1) is 17.8 Å². The molecule has 0 unspecified atom stereocenters. The molecule has 3 aliphatic heterocycles. The Morgan fingerprint density at radius 1 is 1.13 bits per heavy atom. The van der Waals surface area contributed by atoms with Crippen molar-refractivity contribution in [2.24, 2.45) is 17.8 Å². The molecule has 3 heterocycles. The molecule has 5 fully saturated rings. The fraction of sp³-hybridized carbons (Fsp3) is 0.586. The van der Waals surface area contributed by atoms with Crippen LogP contribution in [0.15, 0.2) is 54.1 Å². The predicted octanol–water partition coefficient (Wildman–Crippen LogP) is 0.874. The zero-order chi connectivity index (χ0) is 27.9. The molecule has 10 heteroatoms. The lowest BCUT2D eigenvalue weighted by atomic mass is 9.53. The molecule has 0 spiro atoms. The molecule has 0 radical (unpaired) electrons. The van der Waals surface area contributed by atoms with Crippen LogP contribution in [-0.4, -0.2) is 80.5 Å². The highest BCUT2D eigenvalue weighted by atomic mass is 16.9. The second-order valence-corrected chi connectivity index (χ2v) is 12.0. The van der Waals surface area contributed by atoms with Gasteiger partial charge in [0.05, 0.1) is 12.2 Å². The lowest BCUT2D eigenvalue weighted by molar-refractivity contribution is -0.440. The zero-order valence-corrected chi connectivity index (χ0v) is 22.1. The standard InChI is InChI=1S/C29H32O10/c1-13(2)27-21(35-16(5)31)15(4)28-18-11-14(3)20(32)26(18,34)24(33)25(12-30)22(36-25)19(28)23(27)37-29(38-27,39-28)17-9-7-6-8-10-17/h6-11,15,18-19,21-24,30,33-34H,1,12H2,2-5H3/t15-,18-,19+,21-,22+,23-,24-,25+,26-,27+,28+,29-/m1/s1. The molecule has 208 valence electrons. The third-order valence-electron chi connectivity index (χ3n) is 10.2. The van der Waals surface area contributed by atoms with Gasteiger partial charge in [0.2, 0.25) is 0 Å². The highest BCUT2D eigenvalue weighted by molar-refractivity contribution is 6.05. The van der Waals surface area contributed by atoms with Crippen molar-refractivity contribution in [3.8, 4) is 0 Å². The largest absolute Gasteiger partial charge is 0.459 e. The second kappa shape index (κ2) is 7.44. The van der Waals surface area contributed by atoms with Crippen LogP contribution in [0.3, 0.4) is 0 Å². The Kier molecular flexibility index (Phi) is 4.87. The maximum absolute atomic E-state index is 13.6. The number of Topliss-reactive ketones (excluding diaryl/α,β-unsaturated/α-hetero) is 1. The van der Waals surface area contributed by atoms with Crippen molar-refractivity contribution in [1.82, 2.24) is 0 Å². The minimum absolute atomic E-state index is 0.243. The molecule has 3 bridgehead atoms. The number of hydrogen-bond acceptors (Lipinski definition) is 10. The summed E-state index contributed by atoms with van der Waals surface area (Å²) in [4.78, 5) is 26.1. The van der Waals surface area contributed by atoms with E-state index in [9.17, 15) is 24.9 Å². The fourth-order valence-electron chi connectivity index (χ4n) is 8.49. The van der Waals surface area contributed by atoms with Gasteiger partial charge in [-0.1, -0.05) is 49.9 Å². The summed E-state index contributed by atoms with van der Waals surface area (Å²) in [6.07, 6.45) is -2.91. The summed E-state index contributed by atoms with van der Waals surface area (Å²) in [6.45, 7) is 10.0. The number of hydrogen-bond donors (Lipinski definition) is 3. The van der Waals surface area contributed by atoms with E-state index in [0.29, 0.717) is 11.1 Å². The molecular weight excluding hydrogens is 508 g/mol. The molecule has 7 rings (SSSR count). The first-order chi connectivity index (χ1) is 18.4. The first-order valence-corrected chi connectivity index (χ1v) is 13.3. The number of epoxide rings is 1. The smallest absolute Gasteiger partial charge is 0.314 e. The SMILES string of the molecule is C=C(C)[C@@]12O[C@@]3(c4ccccc4)O[C@@H]1[C@@H]1[C@@H]4O[C@]4(CO)[C@@H](O)[C@]4(O)C(=O)C(C)=C[C@H]4[C@@]1(O3)[C@H](C)[C@H]2OC(C)=O. The van der Waals surface area contributed by atoms with Crippen LogP contribution in [0.4, 0.5) is 0 Å². The Morgan fingerprint density at radius 2 is 1.82 bits per heavy atom. The summed E-state index contributed by atoms with van der Waals surface area (Å²) in [5.41, 5.74) is -5.65. The maximum atomic E-state index is 13.6. The van der Waals surface area contributed by atoms with Crippen molar-refractivity contribution in [2.75, 3.05) is 6.61 Å². The topological polar surface area (TPSA) is 144 Å². The van der Waals surface area contributed by atoms with Gasteiger partial charge in [-0.15, -0.1) is 0 Å². The number of ketones is 1. The van der Waals surface area contributed by atoms with Crippen molar-refractivity contribution in [2.45, 2.75) is 80.5 Å². The van der Waals surface area contributed by atoms with Crippen molar-refractivity contribution in [3.05, 3.63) is 59.7 Å². The molecule has 12 atom stereocenters. The van der Waals surface area contributed by atoms with Crippen LogP contribution in [0.2, 0.25) is 0 Å². The molecule has 6 aliphatic rings. The molecule has 1 aromatic carbocycles. The number of fused-ring (bicyclic) bond motifs is 3. The van der Waals surface area contributed by atoms with E-state index in [-0.39, 0.29) is 5.57 Å². The van der Waals surface area contributed by atoms with Crippen LogP contribution in [-0.2, 0) is 39.2 Å². The summed E-state index contributed by atoms with van der Waals surface area (Å²) in [6, 6.07) is 8.99. The third kappa shape index (κ3) is 2.58. The first-order valence-electron chi connectivity index (χ1n) is 13.3. The first kappa shape index (κ1) is 25.5. The lowest BCUT2D eigenvalue weighted by Gasteiger charge is -2.61. The molecule has 2 saturated carbocycles. The third-order valence-corrected chi connectivity index (χ3v) is 10.2. The van der Waals surface area contributed by atoms with Gasteiger partial charge >= 0.3 is 11.9 Å². The minimum Gasteiger partial charge on any atom is -0.459 e. The number of rotatable bonds is 4. The Hall–Kier alpha value is -2.44. The molecule has 1 aromatic rings. The maximum Gasteiger partial charge on any atom is 0.314 e. The van der Waals surface area contributed by atoms with E-state index >= 15 is 0 Å². The van der Waals surface area contributed by atoms with Crippen molar-refractivity contribution >= 4 is 11.8 Å². The average Bonchev–Trinajstić information content (AvgIpc) is 3.53. The van der Waals surface area contributed by atoms with Gasteiger partial charge in [0.1, 0.15) is 30.0 Å². The van der Waals surface area contributed by atoms with Crippen LogP contribution >= 0.6 is 0 Å². The van der Waals surface area contributed by atoms with E-state index in [0.717, 1.165) is 0 Å². The van der Waals surface area contributed by atoms with E-state index in [1.54, 1.807) is 44.2 Å². The number of carbonyl (C=O) groups is 2. The monoisotopic (exact) mass is 540 g/mol. The van der Waals surface area contributed by atoms with E-state index in [1.807, 2.05) is 13.0 Å². The average molecular weight is 541 g/mol. The number of carbonyl (C=O) groups excluding carboxylic acids is 2. The zero-order valence-electron chi connectivity index (χ0n) is 22.1. The summed E-state index contributed by atoms with van der Waals surface area (Å²) >= 11 is 0. The Balaban J connectivity index is 1.57. The molecule has 3 aliphatic carbocycles. The predicted molar refractivity (Wildman–Crippen MR) is 132 cm³/mol. The fourth-order valence-corrected chi connectivity index (χ4v) is 8.49. The summed E-state index contributed by atoms with van der Waals surface area (Å²) < 4.78 is 32.6. The van der Waals surface area contributed by atoms with Gasteiger partial charge < -0.3 is 39.0 Å². The molecule has 3 saturated heterocycles. The second-order valence-electron chi connectivity index (χ2n) is 12.0. The lowest BCUT2D eigenvalue weighted by Crippen LogP contribution is -2.76. The van der Waals surface area contributed by atoms with Crippen LogP contribution in [0.5, 0.6) is 0 Å². The molecule has 10 nitrogen and oxygen atoms in total. The van der Waals surface area contributed by atoms with Crippen molar-refractivity contribution in [3.63, 3.8) is 0 Å². The van der Waals surface area contributed by atoms with Gasteiger partial charge in [0.25, 0.3) is 0 Å². The number of esters is 1. The number of ether oxygens (including phenoxy) is 5. The van der Waals surface area contributed by atoms with Gasteiger partial charge in [0.15, 0.2) is 17.0 Å². The van der Waals surface area contributed by atoms with Gasteiger partial charge in [-0.3, -0.25) is 9.59 Å². The quantitative estimate of drug-likeness (QED) is 0.286. The minimum atomic E-state index is -2.39. The van der Waals surface area contributed by atoms with Gasteiger partial charge in [-0.25, -0.2) is 0 Å². The normalized spacial score (nSPS) is 52.3. The Bertz CT molecular complexity index is 1340. The highest BCUT2D eigenvalue weighted by Gasteiger charge is 2.90. The molecule has 39 heavy (non-hydrogen) atoms. The van der Waals surface area contributed by atoms with Crippen LogP contribution in [0.1, 0.15) is 33.3 Å². The summed E-state index contributed by atoms with van der Waals surface area (Å²) in [5, 5.41) is 34.4. The van der Waals surface area contributed by atoms with E-state index in [2.05, 4.69) is 6.58 Å². The van der Waals surface area contributed by atoms with Gasteiger partial charge in [0, 0.05) is 30.2 Å². The Morgan fingerprint density at radius 3 is 2.44 bits per heavy atom. The van der Waals surface area contributed by atoms with Crippen LogP contribution in [0.25, 0.3) is 0 Å². The van der Waals surface area contributed by atoms with E-state index in [4.69, 9.17) is 23.7 Å². The van der Waals surface area contributed by atoms with Gasteiger partial charge in [-0.2, -0.15) is 0 Å². The number of aliphatic hydroxyl groups is 3. The Labute approximate surface area is 225 Å². The van der Waals surface area contributed by atoms with E-state index < -0.39 is 88.9 Å². The van der Waals surface area contributed by atoms with Crippen molar-refractivity contribution in [1.29, 1.82) is 0 Å². The molecule has 0 aromatic heterocycles. The van der Waals surface area contributed by atoms with Crippen LogP contribution < -0.4 is 0 Å². The van der Waals surface area contributed by atoms with Crippen molar-refractivity contribution < 1.29 is 48.6 Å². The van der Waals surface area contributed by atoms with E-state index in [1.165, 1.54) is 6.92 Å². The molecule has 3 N–H and O–H groups in total. The number of aliphatic hydroxyl groups excluding tert-OH is 2. The summed E-state index contributed by atoms with van der Waals surface area (Å²) in [5.74, 6) is -5.64. The van der Waals surface area contributed by atoms with Gasteiger partial charge in [-0.05, 0) is 25.0 Å². The highest BCUT2D eigenvalue weighted by Crippen LogP contribution is 2.74. The number of benzene rings is 1.